The average molecular weight is 484 g/mol. The lowest BCUT2D eigenvalue weighted by molar-refractivity contribution is 0.488. The van der Waals surface area contributed by atoms with Gasteiger partial charge in [-0.1, -0.05) is 78.9 Å². The lowest BCUT2D eigenvalue weighted by Crippen LogP contribution is -2.07. The Morgan fingerprint density at radius 2 is 1.25 bits per heavy atom. The molecule has 0 aromatic heterocycles. The fourth-order valence-electron chi connectivity index (χ4n) is 4.31. The van der Waals surface area contributed by atoms with Crippen LogP contribution in [0.15, 0.2) is 126 Å². The van der Waals surface area contributed by atoms with Crippen LogP contribution >= 0.6 is 7.51 Å². The van der Waals surface area contributed by atoms with Crippen LogP contribution in [0.1, 0.15) is 16.7 Å². The van der Waals surface area contributed by atoms with Gasteiger partial charge in [-0.3, -0.25) is 0 Å². The Morgan fingerprint density at radius 3 is 1.89 bits per heavy atom. The van der Waals surface area contributed by atoms with E-state index in [1.807, 2.05) is 103 Å². The number of hydrogen-bond donors (Lipinski definition) is 0. The summed E-state index contributed by atoms with van der Waals surface area (Å²) in [6.45, 7) is 0. The number of fused-ring (bicyclic) bond motifs is 3. The summed E-state index contributed by atoms with van der Waals surface area (Å²) in [5.41, 5.74) is 3.34. The largest absolute Gasteiger partial charge is 0.427 e. The predicted molar refractivity (Wildman–Crippen MR) is 146 cm³/mol. The lowest BCUT2D eigenvalue weighted by Gasteiger charge is -2.31. The molecule has 0 saturated heterocycles. The van der Waals surface area contributed by atoms with Crippen molar-refractivity contribution in [2.24, 2.45) is 4.74 Å². The Hall–Kier alpha value is -4.58. The molecule has 0 aliphatic carbocycles. The first-order valence-corrected chi connectivity index (χ1v) is 13.2. The van der Waals surface area contributed by atoms with Gasteiger partial charge in [-0.25, -0.2) is 0 Å². The molecule has 4 nitrogen and oxygen atoms in total. The number of nitrogens with zero attached hydrogens (tertiary/aromatic N) is 2. The molecule has 0 atom stereocenters. The maximum atomic E-state index is 9.35. The van der Waals surface area contributed by atoms with Crippen LogP contribution in [0.3, 0.4) is 0 Å². The normalized spacial score (nSPS) is 13.6. The molecule has 36 heavy (non-hydrogen) atoms. The second-order valence-electron chi connectivity index (χ2n) is 8.37. The zero-order valence-corrected chi connectivity index (χ0v) is 20.2. The maximum absolute atomic E-state index is 9.35. The summed E-state index contributed by atoms with van der Waals surface area (Å²) in [7, 11) is -3.10. The third kappa shape index (κ3) is 4.07. The van der Waals surface area contributed by atoms with Crippen molar-refractivity contribution in [3.05, 3.63) is 138 Å². The minimum Gasteiger partial charge on any atom is -0.427 e. The van der Waals surface area contributed by atoms with Gasteiger partial charge in [0.05, 0.1) is 22.6 Å². The predicted octanol–water partition coefficient (Wildman–Crippen LogP) is 9.04. The topological polar surface area (TPSA) is 54.6 Å². The van der Waals surface area contributed by atoms with E-state index < -0.39 is 7.51 Å². The molecule has 1 aliphatic rings. The van der Waals surface area contributed by atoms with E-state index in [1.54, 1.807) is 0 Å². The van der Waals surface area contributed by atoms with E-state index in [-0.39, 0.29) is 0 Å². The molecule has 172 valence electrons. The quantitative estimate of drug-likeness (QED) is 0.234. The summed E-state index contributed by atoms with van der Waals surface area (Å²) >= 11 is 0. The molecule has 0 radical (unpaired) electrons. The molecular weight excluding hydrogens is 463 g/mol. The highest BCUT2D eigenvalue weighted by molar-refractivity contribution is 7.68. The van der Waals surface area contributed by atoms with E-state index in [2.05, 4.69) is 30.3 Å². The molecule has 5 heteroatoms. The third-order valence-corrected chi connectivity index (χ3v) is 8.42. The van der Waals surface area contributed by atoms with Gasteiger partial charge in [0.1, 0.15) is 11.5 Å². The second-order valence-corrected chi connectivity index (χ2v) is 10.5. The minimum absolute atomic E-state index is 0.592. The molecule has 0 spiro atoms. The van der Waals surface area contributed by atoms with Gasteiger partial charge in [0.15, 0.2) is 0 Å². The number of hydrogen-bond acceptors (Lipinski definition) is 4. The van der Waals surface area contributed by atoms with E-state index in [1.165, 1.54) is 0 Å². The fourth-order valence-corrected chi connectivity index (χ4v) is 6.77. The van der Waals surface area contributed by atoms with Gasteiger partial charge < -0.3 is 9.05 Å². The number of rotatable bonds is 5. The fraction of sp³-hybridized carbons (Fsp3) is 0. The molecule has 0 N–H and O–H groups in total. The first-order chi connectivity index (χ1) is 17.7. The Bertz CT molecular complexity index is 1640. The lowest BCUT2D eigenvalue weighted by atomic mass is 10.0. The van der Waals surface area contributed by atoms with Gasteiger partial charge in [-0.15, -0.1) is 0 Å². The van der Waals surface area contributed by atoms with E-state index in [9.17, 15) is 5.26 Å². The summed E-state index contributed by atoms with van der Waals surface area (Å²) in [4.78, 5) is 0. The van der Waals surface area contributed by atoms with Crippen LogP contribution in [0.25, 0.3) is 22.2 Å². The van der Waals surface area contributed by atoms with E-state index in [4.69, 9.17) is 13.8 Å². The Morgan fingerprint density at radius 1 is 0.639 bits per heavy atom. The summed E-state index contributed by atoms with van der Waals surface area (Å²) in [6, 6.07) is 41.4. The first kappa shape index (κ1) is 21.9. The van der Waals surface area contributed by atoms with Crippen molar-refractivity contribution in [2.75, 3.05) is 0 Å². The molecule has 5 aromatic carbocycles. The third-order valence-electron chi connectivity index (χ3n) is 6.03. The van der Waals surface area contributed by atoms with Crippen LogP contribution in [0.5, 0.6) is 11.5 Å². The Labute approximate surface area is 209 Å². The molecule has 6 rings (SSSR count). The van der Waals surface area contributed by atoms with Gasteiger partial charge in [0.25, 0.3) is 0 Å². The molecular formula is C31H21N2O2P. The van der Waals surface area contributed by atoms with Gasteiger partial charge in [-0.05, 0) is 64.9 Å². The standard InChI is InChI=1S/C31H21N2O2P/c32-22-23-15-17-25(18-16-23)31-21-29-28-14-8-7-9-24(28)19-20-30(29)33-36(31,34-26-10-3-1-4-11-26)35-27-12-5-2-6-13-27/h1-21H. The van der Waals surface area contributed by atoms with Gasteiger partial charge in [-0.2, -0.15) is 10.0 Å². The summed E-state index contributed by atoms with van der Waals surface area (Å²) in [6.07, 6.45) is 2.14. The molecule has 5 aromatic rings. The summed E-state index contributed by atoms with van der Waals surface area (Å²) in [5, 5.41) is 12.5. The highest BCUT2D eigenvalue weighted by atomic mass is 31.2. The minimum atomic E-state index is -3.10. The monoisotopic (exact) mass is 484 g/mol. The molecule has 0 saturated carbocycles. The Balaban J connectivity index is 1.64. The molecule has 0 amide bonds. The van der Waals surface area contributed by atoms with E-state index in [0.717, 1.165) is 32.9 Å². The number of nitriles is 1. The van der Waals surface area contributed by atoms with Crippen LogP contribution in [-0.2, 0) is 0 Å². The molecule has 1 heterocycles. The number of para-hydroxylation sites is 2. The maximum Gasteiger partial charge on any atom is 0.352 e. The summed E-state index contributed by atoms with van der Waals surface area (Å²) < 4.78 is 18.7. The van der Waals surface area contributed by atoms with Crippen LogP contribution in [0.2, 0.25) is 0 Å². The van der Waals surface area contributed by atoms with Crippen LogP contribution in [0.4, 0.5) is 5.69 Å². The van der Waals surface area contributed by atoms with Crippen molar-refractivity contribution >= 4 is 35.4 Å². The van der Waals surface area contributed by atoms with Crippen molar-refractivity contribution in [3.63, 3.8) is 0 Å². The molecule has 0 unspecified atom stereocenters. The SMILES string of the molecule is N#Cc1ccc(C2=Cc3c(ccc4ccccc34)N=P2(Oc2ccccc2)Oc2ccccc2)cc1. The van der Waals surface area contributed by atoms with Crippen molar-refractivity contribution in [2.45, 2.75) is 0 Å². The van der Waals surface area contributed by atoms with Crippen molar-refractivity contribution in [1.82, 2.24) is 0 Å². The van der Waals surface area contributed by atoms with Gasteiger partial charge >= 0.3 is 7.51 Å². The van der Waals surface area contributed by atoms with Gasteiger partial charge in [0.2, 0.25) is 0 Å². The Kier molecular flexibility index (Phi) is 5.62. The van der Waals surface area contributed by atoms with Gasteiger partial charge in [0, 0.05) is 5.56 Å². The zero-order valence-electron chi connectivity index (χ0n) is 19.3. The molecule has 1 aliphatic heterocycles. The first-order valence-electron chi connectivity index (χ1n) is 11.6. The zero-order chi connectivity index (χ0) is 24.4. The number of benzene rings is 5. The van der Waals surface area contributed by atoms with Crippen LogP contribution in [-0.4, -0.2) is 0 Å². The summed E-state index contributed by atoms with van der Waals surface area (Å²) in [5.74, 6) is 1.35. The average Bonchev–Trinajstić information content (AvgIpc) is 2.94. The van der Waals surface area contributed by atoms with E-state index >= 15 is 0 Å². The van der Waals surface area contributed by atoms with Crippen molar-refractivity contribution in [1.29, 1.82) is 5.26 Å². The highest BCUT2D eigenvalue weighted by Crippen LogP contribution is 2.67. The van der Waals surface area contributed by atoms with Crippen LogP contribution in [0, 0.1) is 11.3 Å². The van der Waals surface area contributed by atoms with Crippen molar-refractivity contribution < 1.29 is 9.05 Å². The second kappa shape index (κ2) is 9.23. The molecule has 0 fully saturated rings. The smallest absolute Gasteiger partial charge is 0.352 e. The highest BCUT2D eigenvalue weighted by Gasteiger charge is 2.36. The van der Waals surface area contributed by atoms with E-state index in [0.29, 0.717) is 17.1 Å². The van der Waals surface area contributed by atoms with Crippen molar-refractivity contribution in [3.8, 4) is 17.6 Å². The van der Waals surface area contributed by atoms with Crippen LogP contribution < -0.4 is 9.05 Å². The molecule has 0 bridgehead atoms.